The Bertz CT molecular complexity index is 783. The Morgan fingerprint density at radius 3 is 2.58 bits per heavy atom. The molecule has 1 saturated heterocycles. The van der Waals surface area contributed by atoms with Crippen molar-refractivity contribution < 1.29 is 23.8 Å². The number of amides is 2. The summed E-state index contributed by atoms with van der Waals surface area (Å²) < 4.78 is 15.7. The van der Waals surface area contributed by atoms with Crippen LogP contribution in [0.1, 0.15) is 32.3 Å². The number of nitrogens with one attached hydrogen (secondary N) is 1. The highest BCUT2D eigenvalue weighted by Gasteiger charge is 2.37. The van der Waals surface area contributed by atoms with E-state index in [0.29, 0.717) is 30.4 Å². The zero-order valence-electron chi connectivity index (χ0n) is 18.8. The highest BCUT2D eigenvalue weighted by Crippen LogP contribution is 2.38. The monoisotopic (exact) mass is 434 g/mol. The molecule has 2 atom stereocenters. The molecule has 9 heteroatoms. The van der Waals surface area contributed by atoms with E-state index in [1.54, 1.807) is 9.80 Å². The van der Waals surface area contributed by atoms with Gasteiger partial charge in [0.15, 0.2) is 0 Å². The highest BCUT2D eigenvalue weighted by molar-refractivity contribution is 6.00. The predicted molar refractivity (Wildman–Crippen MR) is 119 cm³/mol. The lowest BCUT2D eigenvalue weighted by atomic mass is 9.96. The normalized spacial score (nSPS) is 19.6. The van der Waals surface area contributed by atoms with Gasteiger partial charge >= 0.3 is 12.2 Å². The summed E-state index contributed by atoms with van der Waals surface area (Å²) in [6.45, 7) is 9.48. The van der Waals surface area contributed by atoms with E-state index in [1.165, 1.54) is 7.11 Å². The maximum absolute atomic E-state index is 12.8. The van der Waals surface area contributed by atoms with Gasteiger partial charge in [0, 0.05) is 31.5 Å². The summed E-state index contributed by atoms with van der Waals surface area (Å²) in [5, 5.41) is 3.47. The predicted octanol–water partition coefficient (Wildman–Crippen LogP) is 2.29. The van der Waals surface area contributed by atoms with E-state index in [4.69, 9.17) is 19.9 Å². The quantitative estimate of drug-likeness (QED) is 0.678. The van der Waals surface area contributed by atoms with E-state index in [9.17, 15) is 9.59 Å². The van der Waals surface area contributed by atoms with Gasteiger partial charge in [0.1, 0.15) is 0 Å². The van der Waals surface area contributed by atoms with Gasteiger partial charge in [-0.3, -0.25) is 9.80 Å². The summed E-state index contributed by atoms with van der Waals surface area (Å²) >= 11 is 0. The molecule has 0 saturated carbocycles. The average molecular weight is 435 g/mol. The minimum absolute atomic E-state index is 0.0696. The molecule has 0 aromatic heterocycles. The molecule has 1 aromatic carbocycles. The molecule has 31 heavy (non-hydrogen) atoms. The van der Waals surface area contributed by atoms with Gasteiger partial charge in [0.25, 0.3) is 0 Å². The third-order valence-electron chi connectivity index (χ3n) is 5.65. The Kier molecular flexibility index (Phi) is 7.74. The van der Waals surface area contributed by atoms with Gasteiger partial charge in [-0.25, -0.2) is 9.59 Å². The largest absolute Gasteiger partial charge is 0.452 e. The van der Waals surface area contributed by atoms with Crippen LogP contribution in [-0.4, -0.2) is 70.8 Å². The first kappa shape index (κ1) is 23.3. The van der Waals surface area contributed by atoms with Crippen LogP contribution in [-0.2, 0) is 14.2 Å². The fraction of sp³-hybridized carbons (Fsp3) is 0.636. The summed E-state index contributed by atoms with van der Waals surface area (Å²) in [5.41, 5.74) is 8.31. The second-order valence-corrected chi connectivity index (χ2v) is 8.47. The van der Waals surface area contributed by atoms with Gasteiger partial charge in [0.2, 0.25) is 0 Å². The van der Waals surface area contributed by atoms with Gasteiger partial charge in [-0.1, -0.05) is 6.07 Å². The number of carbonyl (C=O) groups is 2. The number of hydrogen-bond donors (Lipinski definition) is 2. The number of benzene rings is 1. The Morgan fingerprint density at radius 1 is 1.26 bits per heavy atom. The fourth-order valence-corrected chi connectivity index (χ4v) is 3.91. The van der Waals surface area contributed by atoms with Crippen molar-refractivity contribution in [3.63, 3.8) is 0 Å². The smallest absolute Gasteiger partial charge is 0.414 e. The van der Waals surface area contributed by atoms with Gasteiger partial charge in [-0.15, -0.1) is 0 Å². The SMILES string of the molecule is COC(=O)N1c2ccc(C(CN)CNCC3COC3)cc2N(C(=O)OC(C)C)C[C@@H]1C. The van der Waals surface area contributed by atoms with Crippen LogP contribution in [0.15, 0.2) is 18.2 Å². The van der Waals surface area contributed by atoms with E-state index in [0.717, 1.165) is 31.9 Å². The lowest BCUT2D eigenvalue weighted by Gasteiger charge is -2.40. The molecule has 172 valence electrons. The third kappa shape index (κ3) is 5.28. The van der Waals surface area contributed by atoms with Crippen LogP contribution in [0.25, 0.3) is 0 Å². The van der Waals surface area contributed by atoms with Crippen molar-refractivity contribution in [2.24, 2.45) is 11.7 Å². The van der Waals surface area contributed by atoms with Crippen molar-refractivity contribution in [3.05, 3.63) is 23.8 Å². The average Bonchev–Trinajstić information content (AvgIpc) is 2.70. The zero-order chi connectivity index (χ0) is 22.5. The van der Waals surface area contributed by atoms with Crippen LogP contribution in [0.2, 0.25) is 0 Å². The molecule has 2 aliphatic rings. The molecule has 3 rings (SSSR count). The van der Waals surface area contributed by atoms with E-state index in [-0.39, 0.29) is 18.1 Å². The second-order valence-electron chi connectivity index (χ2n) is 8.47. The van der Waals surface area contributed by atoms with Crippen LogP contribution in [0, 0.1) is 5.92 Å². The molecule has 0 bridgehead atoms. The molecule has 3 N–H and O–H groups in total. The number of anilines is 2. The van der Waals surface area contributed by atoms with Crippen LogP contribution >= 0.6 is 0 Å². The Hall–Kier alpha value is -2.36. The van der Waals surface area contributed by atoms with E-state index in [2.05, 4.69) is 5.32 Å². The van der Waals surface area contributed by atoms with Crippen LogP contribution < -0.4 is 20.9 Å². The Morgan fingerprint density at radius 2 is 2.00 bits per heavy atom. The number of nitrogens with two attached hydrogens (primary N) is 1. The number of ether oxygens (including phenoxy) is 3. The maximum atomic E-state index is 12.8. The molecule has 2 heterocycles. The summed E-state index contributed by atoms with van der Waals surface area (Å²) in [6, 6.07) is 5.49. The molecule has 0 aliphatic carbocycles. The van der Waals surface area contributed by atoms with Gasteiger partial charge in [-0.05, 0) is 38.5 Å². The lowest BCUT2D eigenvalue weighted by Crippen LogP contribution is -2.52. The first-order valence-corrected chi connectivity index (χ1v) is 10.8. The van der Waals surface area contributed by atoms with E-state index < -0.39 is 12.2 Å². The summed E-state index contributed by atoms with van der Waals surface area (Å²) in [6.07, 6.45) is -1.14. The van der Waals surface area contributed by atoms with Crippen molar-refractivity contribution >= 4 is 23.6 Å². The van der Waals surface area contributed by atoms with Crippen LogP contribution in [0.3, 0.4) is 0 Å². The first-order valence-electron chi connectivity index (χ1n) is 10.8. The molecule has 1 aromatic rings. The molecule has 2 aliphatic heterocycles. The van der Waals surface area contributed by atoms with Crippen molar-refractivity contribution in [3.8, 4) is 0 Å². The molecule has 2 amide bonds. The van der Waals surface area contributed by atoms with Crippen LogP contribution in [0.5, 0.6) is 0 Å². The molecular weight excluding hydrogens is 400 g/mol. The molecule has 0 spiro atoms. The Balaban J connectivity index is 1.88. The van der Waals surface area contributed by atoms with Crippen molar-refractivity contribution in [2.45, 2.75) is 38.8 Å². The summed E-state index contributed by atoms with van der Waals surface area (Å²) in [4.78, 5) is 28.4. The van der Waals surface area contributed by atoms with Crippen molar-refractivity contribution in [2.75, 3.05) is 56.3 Å². The summed E-state index contributed by atoms with van der Waals surface area (Å²) in [5.74, 6) is 0.624. The highest BCUT2D eigenvalue weighted by atomic mass is 16.6. The maximum Gasteiger partial charge on any atom is 0.414 e. The number of nitrogens with zero attached hydrogens (tertiary/aromatic N) is 2. The minimum atomic E-state index is -0.460. The number of hydrogen-bond acceptors (Lipinski definition) is 7. The van der Waals surface area contributed by atoms with Gasteiger partial charge < -0.3 is 25.3 Å². The lowest BCUT2D eigenvalue weighted by molar-refractivity contribution is -0.0306. The van der Waals surface area contributed by atoms with Crippen LogP contribution in [0.4, 0.5) is 21.0 Å². The molecule has 1 unspecified atom stereocenters. The minimum Gasteiger partial charge on any atom is -0.452 e. The first-order chi connectivity index (χ1) is 14.8. The standard InChI is InChI=1S/C22H34N4O5/c1-14(2)31-21(27)25-11-15(3)26(22(28)29-4)19-6-5-17(7-20(19)25)18(8-23)10-24-9-16-12-30-13-16/h5-7,14-16,18,24H,8-13,23H2,1-4H3/t15-,18?/m0/s1. The number of carbonyl (C=O) groups excluding carboxylic acids is 2. The third-order valence-corrected chi connectivity index (χ3v) is 5.65. The molecule has 0 radical (unpaired) electrons. The molecule has 9 nitrogen and oxygen atoms in total. The number of methoxy groups -OCH3 is 1. The molecular formula is C22H34N4O5. The van der Waals surface area contributed by atoms with Gasteiger partial charge in [0.05, 0.1) is 50.4 Å². The Labute approximate surface area is 183 Å². The number of fused-ring (bicyclic) bond motifs is 1. The fourth-order valence-electron chi connectivity index (χ4n) is 3.91. The summed E-state index contributed by atoms with van der Waals surface area (Å²) in [7, 11) is 1.35. The van der Waals surface area contributed by atoms with Crippen molar-refractivity contribution in [1.82, 2.24) is 5.32 Å². The van der Waals surface area contributed by atoms with E-state index in [1.807, 2.05) is 39.0 Å². The number of rotatable bonds is 7. The van der Waals surface area contributed by atoms with Crippen molar-refractivity contribution in [1.29, 1.82) is 0 Å². The van der Waals surface area contributed by atoms with E-state index >= 15 is 0 Å². The topological polar surface area (TPSA) is 106 Å². The van der Waals surface area contributed by atoms with Gasteiger partial charge in [-0.2, -0.15) is 0 Å². The molecule has 1 fully saturated rings. The second kappa shape index (κ2) is 10.3. The zero-order valence-corrected chi connectivity index (χ0v) is 18.8.